The fourth-order valence-corrected chi connectivity index (χ4v) is 4.63. The van der Waals surface area contributed by atoms with Gasteiger partial charge in [-0.15, -0.1) is 0 Å². The molecule has 7 nitrogen and oxygen atoms in total. The summed E-state index contributed by atoms with van der Waals surface area (Å²) in [6.07, 6.45) is 0. The van der Waals surface area contributed by atoms with E-state index in [-0.39, 0.29) is 16.0 Å². The van der Waals surface area contributed by atoms with Gasteiger partial charge < -0.3 is 10.1 Å². The molecule has 3 aromatic rings. The van der Waals surface area contributed by atoms with Gasteiger partial charge in [-0.1, -0.05) is 18.2 Å². The van der Waals surface area contributed by atoms with Gasteiger partial charge in [-0.25, -0.2) is 13.2 Å². The third kappa shape index (κ3) is 5.33. The quantitative estimate of drug-likeness (QED) is 0.538. The van der Waals surface area contributed by atoms with E-state index in [1.54, 1.807) is 49.4 Å². The Morgan fingerprint density at radius 2 is 1.50 bits per heavy atom. The minimum Gasteiger partial charge on any atom is -0.465 e. The van der Waals surface area contributed by atoms with Crippen LogP contribution in [0.25, 0.3) is 0 Å². The van der Waals surface area contributed by atoms with Gasteiger partial charge in [-0.3, -0.25) is 9.52 Å². The Balaban J connectivity index is 1.88. The van der Waals surface area contributed by atoms with Gasteiger partial charge >= 0.3 is 5.97 Å². The molecular formula is C24H24N2O5S. The summed E-state index contributed by atoms with van der Waals surface area (Å²) in [5.74, 6) is -1.03. The predicted octanol–water partition coefficient (Wildman–Crippen LogP) is 4.45. The molecule has 8 heteroatoms. The maximum absolute atomic E-state index is 13.0. The Morgan fingerprint density at radius 1 is 0.812 bits per heavy atom. The number of aryl methyl sites for hydroxylation is 3. The lowest BCUT2D eigenvalue weighted by molar-refractivity contribution is 0.0600. The monoisotopic (exact) mass is 452 g/mol. The number of carbonyl (C=O) groups excluding carboxylic acids is 2. The highest BCUT2D eigenvalue weighted by Crippen LogP contribution is 2.23. The smallest absolute Gasteiger partial charge is 0.337 e. The average molecular weight is 453 g/mol. The van der Waals surface area contributed by atoms with Gasteiger partial charge in [0.25, 0.3) is 15.9 Å². The zero-order valence-corrected chi connectivity index (χ0v) is 19.0. The standard InChI is InChI=1S/C24H24N2O5S/c1-15-10-16(2)12-21(11-15)26-32(29,30)22-14-18(9-8-17(22)3)23(27)25-20-7-5-6-19(13-20)24(28)31-4/h5-14,26H,1-4H3,(H,25,27). The van der Waals surface area contributed by atoms with Crippen LogP contribution in [0.3, 0.4) is 0 Å². The molecule has 0 radical (unpaired) electrons. The first-order valence-electron chi connectivity index (χ1n) is 9.80. The Hall–Kier alpha value is -3.65. The third-order valence-corrected chi connectivity index (χ3v) is 6.28. The van der Waals surface area contributed by atoms with Crippen molar-refractivity contribution in [3.05, 3.63) is 88.5 Å². The van der Waals surface area contributed by atoms with E-state index < -0.39 is 21.9 Å². The van der Waals surface area contributed by atoms with Crippen molar-refractivity contribution in [1.29, 1.82) is 0 Å². The van der Waals surface area contributed by atoms with Crippen LogP contribution in [-0.2, 0) is 14.8 Å². The molecule has 0 fully saturated rings. The van der Waals surface area contributed by atoms with Gasteiger partial charge in [0, 0.05) is 16.9 Å². The lowest BCUT2D eigenvalue weighted by Crippen LogP contribution is -2.17. The minimum absolute atomic E-state index is 0.00706. The lowest BCUT2D eigenvalue weighted by Gasteiger charge is -2.13. The fourth-order valence-electron chi connectivity index (χ4n) is 3.32. The first-order valence-corrected chi connectivity index (χ1v) is 11.3. The molecule has 0 aromatic heterocycles. The summed E-state index contributed by atoms with van der Waals surface area (Å²) in [5.41, 5.74) is 3.66. The van der Waals surface area contributed by atoms with Crippen LogP contribution in [0, 0.1) is 20.8 Å². The molecule has 0 heterocycles. The Morgan fingerprint density at radius 3 is 2.16 bits per heavy atom. The number of amides is 1. The molecule has 0 bridgehead atoms. The molecule has 1 amide bonds. The van der Waals surface area contributed by atoms with Crippen LogP contribution in [0.4, 0.5) is 11.4 Å². The summed E-state index contributed by atoms with van der Waals surface area (Å²) in [6, 6.07) is 16.2. The number of benzene rings is 3. The van der Waals surface area contributed by atoms with Crippen LogP contribution in [0.5, 0.6) is 0 Å². The number of anilines is 2. The summed E-state index contributed by atoms with van der Waals surface area (Å²) in [7, 11) is -2.65. The SMILES string of the molecule is COC(=O)c1cccc(NC(=O)c2ccc(C)c(S(=O)(=O)Nc3cc(C)cc(C)c3)c2)c1. The zero-order valence-electron chi connectivity index (χ0n) is 18.2. The molecule has 0 saturated heterocycles. The number of nitrogens with one attached hydrogen (secondary N) is 2. The Kier molecular flexibility index (Phi) is 6.64. The first-order chi connectivity index (χ1) is 15.1. The molecule has 0 unspecified atom stereocenters. The van der Waals surface area contributed by atoms with E-state index in [2.05, 4.69) is 14.8 Å². The summed E-state index contributed by atoms with van der Waals surface area (Å²) < 4.78 is 33.3. The van der Waals surface area contributed by atoms with Crippen molar-refractivity contribution in [2.24, 2.45) is 0 Å². The van der Waals surface area contributed by atoms with Crippen molar-refractivity contribution < 1.29 is 22.7 Å². The van der Waals surface area contributed by atoms with Gasteiger partial charge in [0.05, 0.1) is 17.6 Å². The summed E-state index contributed by atoms with van der Waals surface area (Å²) in [5, 5.41) is 2.68. The third-order valence-electron chi connectivity index (χ3n) is 4.76. The molecule has 166 valence electrons. The number of rotatable bonds is 6. The highest BCUT2D eigenvalue weighted by molar-refractivity contribution is 7.92. The Bertz CT molecular complexity index is 1280. The lowest BCUT2D eigenvalue weighted by atomic mass is 10.1. The van der Waals surface area contributed by atoms with E-state index in [4.69, 9.17) is 0 Å². The summed E-state index contributed by atoms with van der Waals surface area (Å²) in [4.78, 5) is 24.5. The van der Waals surface area contributed by atoms with Crippen molar-refractivity contribution in [3.63, 3.8) is 0 Å². The number of methoxy groups -OCH3 is 1. The average Bonchev–Trinajstić information content (AvgIpc) is 2.72. The number of carbonyl (C=O) groups is 2. The van der Waals surface area contributed by atoms with Gasteiger partial charge in [0.1, 0.15) is 0 Å². The Labute approximate surface area is 187 Å². The van der Waals surface area contributed by atoms with Gasteiger partial charge in [-0.05, 0) is 79.9 Å². The highest BCUT2D eigenvalue weighted by Gasteiger charge is 2.20. The summed E-state index contributed by atoms with van der Waals surface area (Å²) >= 11 is 0. The second-order valence-electron chi connectivity index (χ2n) is 7.49. The van der Waals surface area contributed by atoms with Gasteiger partial charge in [0.2, 0.25) is 0 Å². The number of hydrogen-bond acceptors (Lipinski definition) is 5. The molecule has 3 rings (SSSR count). The van der Waals surface area contributed by atoms with Crippen LogP contribution < -0.4 is 10.0 Å². The highest BCUT2D eigenvalue weighted by atomic mass is 32.2. The van der Waals surface area contributed by atoms with Crippen molar-refractivity contribution in [1.82, 2.24) is 0 Å². The van der Waals surface area contributed by atoms with Crippen LogP contribution in [-0.4, -0.2) is 27.4 Å². The molecule has 0 aliphatic rings. The van der Waals surface area contributed by atoms with Crippen molar-refractivity contribution in [2.45, 2.75) is 25.7 Å². The maximum atomic E-state index is 13.0. The largest absolute Gasteiger partial charge is 0.465 e. The number of ether oxygens (including phenoxy) is 1. The normalized spacial score (nSPS) is 11.0. The van der Waals surface area contributed by atoms with E-state index in [0.29, 0.717) is 16.9 Å². The van der Waals surface area contributed by atoms with Gasteiger partial charge in [0.15, 0.2) is 0 Å². The summed E-state index contributed by atoms with van der Waals surface area (Å²) in [6.45, 7) is 5.43. The zero-order chi connectivity index (χ0) is 23.5. The second kappa shape index (κ2) is 9.23. The topological polar surface area (TPSA) is 102 Å². The van der Waals surface area contributed by atoms with Crippen LogP contribution in [0.15, 0.2) is 65.6 Å². The molecule has 2 N–H and O–H groups in total. The van der Waals surface area contributed by atoms with Crippen molar-refractivity contribution in [2.75, 3.05) is 17.1 Å². The molecule has 0 aliphatic heterocycles. The fraction of sp³-hybridized carbons (Fsp3) is 0.167. The number of hydrogen-bond donors (Lipinski definition) is 2. The van der Waals surface area contributed by atoms with Crippen LogP contribution in [0.1, 0.15) is 37.4 Å². The van der Waals surface area contributed by atoms with Crippen LogP contribution >= 0.6 is 0 Å². The molecule has 0 spiro atoms. The molecule has 3 aromatic carbocycles. The maximum Gasteiger partial charge on any atom is 0.337 e. The molecular weight excluding hydrogens is 428 g/mol. The molecule has 0 aliphatic carbocycles. The van der Waals surface area contributed by atoms with E-state index in [0.717, 1.165) is 11.1 Å². The second-order valence-corrected chi connectivity index (χ2v) is 9.14. The van der Waals surface area contributed by atoms with E-state index in [1.165, 1.54) is 19.2 Å². The van der Waals surface area contributed by atoms with Gasteiger partial charge in [-0.2, -0.15) is 0 Å². The number of sulfonamides is 1. The van der Waals surface area contributed by atoms with E-state index >= 15 is 0 Å². The molecule has 32 heavy (non-hydrogen) atoms. The van der Waals surface area contributed by atoms with Crippen molar-refractivity contribution in [3.8, 4) is 0 Å². The van der Waals surface area contributed by atoms with E-state index in [9.17, 15) is 18.0 Å². The first kappa shape index (κ1) is 23.0. The number of esters is 1. The molecule has 0 saturated carbocycles. The van der Waals surface area contributed by atoms with Crippen LogP contribution in [0.2, 0.25) is 0 Å². The predicted molar refractivity (Wildman–Crippen MR) is 124 cm³/mol. The van der Waals surface area contributed by atoms with Crippen molar-refractivity contribution >= 4 is 33.3 Å². The van der Waals surface area contributed by atoms with E-state index in [1.807, 2.05) is 19.9 Å². The molecule has 0 atom stereocenters. The minimum atomic E-state index is -3.92.